The summed E-state index contributed by atoms with van der Waals surface area (Å²) in [5.74, 6) is 0. The van der Waals surface area contributed by atoms with Crippen LogP contribution in [0, 0.1) is 0 Å². The van der Waals surface area contributed by atoms with Crippen molar-refractivity contribution in [1.82, 2.24) is 0 Å². The lowest BCUT2D eigenvalue weighted by atomic mass is 10.2. The second-order valence-corrected chi connectivity index (χ2v) is 2.46. The summed E-state index contributed by atoms with van der Waals surface area (Å²) in [7, 11) is 2.66. The van der Waals surface area contributed by atoms with Gasteiger partial charge in [-0.3, -0.25) is 0 Å². The van der Waals surface area contributed by atoms with Crippen molar-refractivity contribution in [3.05, 3.63) is 36.5 Å². The molecule has 0 saturated carbocycles. The van der Waals surface area contributed by atoms with Crippen LogP contribution in [0.2, 0.25) is 0 Å². The third kappa shape index (κ3) is 4.34. The van der Waals surface area contributed by atoms with Gasteiger partial charge in [0, 0.05) is 19.8 Å². The summed E-state index contributed by atoms with van der Waals surface area (Å²) in [6.45, 7) is 3.48. The first-order valence-electron chi connectivity index (χ1n) is 4.08. The lowest BCUT2D eigenvalue weighted by Crippen LogP contribution is -2.24. The Labute approximate surface area is 83.8 Å². The average molecular weight is 200 g/mol. The number of ether oxygens (including phenoxy) is 2. The Morgan fingerprint density at radius 3 is 2.00 bits per heavy atom. The monoisotopic (exact) mass is 200 g/mol. The van der Waals surface area contributed by atoms with Crippen molar-refractivity contribution in [2.45, 2.75) is 12.6 Å². The van der Waals surface area contributed by atoms with Crippen molar-refractivity contribution >= 4 is 0 Å². The predicted molar refractivity (Wildman–Crippen MR) is 53.5 cm³/mol. The molecule has 0 aromatic rings. The number of aliphatic hydroxyl groups excluding tert-OH is 2. The molecule has 0 spiro atoms. The van der Waals surface area contributed by atoms with E-state index in [2.05, 4.69) is 16.1 Å². The maximum atomic E-state index is 9.33. The van der Waals surface area contributed by atoms with Crippen LogP contribution < -0.4 is 0 Å². The zero-order valence-corrected chi connectivity index (χ0v) is 8.38. The lowest BCUT2D eigenvalue weighted by molar-refractivity contribution is -0.106. The summed E-state index contributed by atoms with van der Waals surface area (Å²) >= 11 is 0. The second-order valence-electron chi connectivity index (χ2n) is 2.46. The minimum absolute atomic E-state index is 0.230. The zero-order chi connectivity index (χ0) is 11.0. The normalized spacial score (nSPS) is 15.1. The van der Waals surface area contributed by atoms with Crippen LogP contribution in [0.1, 0.15) is 0 Å². The highest BCUT2D eigenvalue weighted by Gasteiger charge is 2.17. The maximum absolute atomic E-state index is 9.33. The molecule has 0 aromatic carbocycles. The van der Waals surface area contributed by atoms with Gasteiger partial charge in [0.25, 0.3) is 0 Å². The minimum Gasteiger partial charge on any atom is -0.364 e. The standard InChI is InChI=1S/C10H16O4/c1-4-5-6-7-8(9(11)13-2)10(12)14-3/h4-7,9-12H,1H2,2-3H3/b6-5-,8-7?. The molecule has 0 aliphatic rings. The third-order valence-corrected chi connectivity index (χ3v) is 1.55. The molecule has 80 valence electrons. The van der Waals surface area contributed by atoms with Gasteiger partial charge in [0.2, 0.25) is 0 Å². The molecule has 4 heteroatoms. The first-order chi connectivity index (χ1) is 6.67. The number of methoxy groups -OCH3 is 2. The predicted octanol–water partition coefficient (Wildman–Crippen LogP) is 0.585. The van der Waals surface area contributed by atoms with E-state index in [1.807, 2.05) is 0 Å². The lowest BCUT2D eigenvalue weighted by Gasteiger charge is -2.17. The molecule has 0 fully saturated rings. The summed E-state index contributed by atoms with van der Waals surface area (Å²) in [5, 5.41) is 18.7. The molecular formula is C10H16O4. The first-order valence-corrected chi connectivity index (χ1v) is 4.08. The largest absolute Gasteiger partial charge is 0.364 e. The topological polar surface area (TPSA) is 58.9 Å². The van der Waals surface area contributed by atoms with Crippen molar-refractivity contribution in [3.8, 4) is 0 Å². The second kappa shape index (κ2) is 7.46. The van der Waals surface area contributed by atoms with Gasteiger partial charge in [-0.2, -0.15) is 0 Å². The SMILES string of the molecule is C=C/C=C\C=C(C(O)OC)C(O)OC. The fourth-order valence-electron chi connectivity index (χ4n) is 0.804. The van der Waals surface area contributed by atoms with Crippen LogP contribution in [0.3, 0.4) is 0 Å². The Balaban J connectivity index is 4.61. The molecule has 2 unspecified atom stereocenters. The summed E-state index contributed by atoms with van der Waals surface area (Å²) in [6.07, 6.45) is 3.99. The molecule has 0 saturated heterocycles. The Hall–Kier alpha value is -0.940. The van der Waals surface area contributed by atoms with E-state index < -0.39 is 12.6 Å². The van der Waals surface area contributed by atoms with E-state index in [-0.39, 0.29) is 5.57 Å². The van der Waals surface area contributed by atoms with Gasteiger partial charge in [-0.25, -0.2) is 0 Å². The highest BCUT2D eigenvalue weighted by Crippen LogP contribution is 2.10. The van der Waals surface area contributed by atoms with Crippen LogP contribution in [0.5, 0.6) is 0 Å². The van der Waals surface area contributed by atoms with E-state index >= 15 is 0 Å². The average Bonchev–Trinajstić information content (AvgIpc) is 2.22. The van der Waals surface area contributed by atoms with E-state index in [9.17, 15) is 10.2 Å². The van der Waals surface area contributed by atoms with Crippen molar-refractivity contribution in [1.29, 1.82) is 0 Å². The highest BCUT2D eigenvalue weighted by molar-refractivity contribution is 5.18. The summed E-state index contributed by atoms with van der Waals surface area (Å²) in [5.41, 5.74) is 0.230. The molecule has 0 aliphatic heterocycles. The maximum Gasteiger partial charge on any atom is 0.181 e. The van der Waals surface area contributed by atoms with Crippen molar-refractivity contribution < 1.29 is 19.7 Å². The van der Waals surface area contributed by atoms with Crippen LogP contribution >= 0.6 is 0 Å². The molecule has 2 atom stereocenters. The molecular weight excluding hydrogens is 184 g/mol. The molecule has 4 nitrogen and oxygen atoms in total. The summed E-state index contributed by atoms with van der Waals surface area (Å²) < 4.78 is 9.31. The number of hydrogen-bond donors (Lipinski definition) is 2. The number of rotatable bonds is 6. The van der Waals surface area contributed by atoms with Crippen molar-refractivity contribution in [2.24, 2.45) is 0 Å². The van der Waals surface area contributed by atoms with E-state index in [0.717, 1.165) is 0 Å². The number of allylic oxidation sites excluding steroid dienone is 4. The molecule has 0 rings (SSSR count). The molecule has 0 amide bonds. The van der Waals surface area contributed by atoms with Crippen molar-refractivity contribution in [2.75, 3.05) is 14.2 Å². The van der Waals surface area contributed by atoms with Gasteiger partial charge < -0.3 is 19.7 Å². The van der Waals surface area contributed by atoms with Crippen LogP contribution in [-0.2, 0) is 9.47 Å². The molecule has 14 heavy (non-hydrogen) atoms. The van der Waals surface area contributed by atoms with Gasteiger partial charge in [-0.1, -0.05) is 30.9 Å². The Kier molecular flexibility index (Phi) is 6.96. The molecule has 0 radical (unpaired) electrons. The van der Waals surface area contributed by atoms with Crippen LogP contribution in [0.15, 0.2) is 36.5 Å². The first kappa shape index (κ1) is 13.1. The van der Waals surface area contributed by atoms with Crippen LogP contribution in [0.4, 0.5) is 0 Å². The number of hydrogen-bond acceptors (Lipinski definition) is 4. The van der Waals surface area contributed by atoms with E-state index in [4.69, 9.17) is 0 Å². The van der Waals surface area contributed by atoms with Gasteiger partial charge >= 0.3 is 0 Å². The van der Waals surface area contributed by atoms with Crippen LogP contribution in [0.25, 0.3) is 0 Å². The van der Waals surface area contributed by atoms with Crippen molar-refractivity contribution in [3.63, 3.8) is 0 Å². The Morgan fingerprint density at radius 2 is 1.64 bits per heavy atom. The van der Waals surface area contributed by atoms with E-state index in [0.29, 0.717) is 0 Å². The molecule has 0 heterocycles. The molecule has 2 N–H and O–H groups in total. The molecule has 0 bridgehead atoms. The summed E-state index contributed by atoms with van der Waals surface area (Å²) in [6, 6.07) is 0. The smallest absolute Gasteiger partial charge is 0.181 e. The summed E-state index contributed by atoms with van der Waals surface area (Å²) in [4.78, 5) is 0. The van der Waals surface area contributed by atoms with Gasteiger partial charge in [-0.15, -0.1) is 0 Å². The fraction of sp³-hybridized carbons (Fsp3) is 0.400. The fourth-order valence-corrected chi connectivity index (χ4v) is 0.804. The van der Waals surface area contributed by atoms with Gasteiger partial charge in [-0.05, 0) is 0 Å². The minimum atomic E-state index is -1.18. The highest BCUT2D eigenvalue weighted by atomic mass is 16.6. The van der Waals surface area contributed by atoms with E-state index in [1.165, 1.54) is 20.3 Å². The molecule has 0 aromatic heterocycles. The Bertz CT molecular complexity index is 208. The zero-order valence-electron chi connectivity index (χ0n) is 8.38. The van der Waals surface area contributed by atoms with Gasteiger partial charge in [0.05, 0.1) is 0 Å². The van der Waals surface area contributed by atoms with E-state index in [1.54, 1.807) is 18.2 Å². The Morgan fingerprint density at radius 1 is 1.14 bits per heavy atom. The quantitative estimate of drug-likeness (QED) is 0.486. The molecule has 0 aliphatic carbocycles. The number of aliphatic hydroxyl groups is 2. The van der Waals surface area contributed by atoms with Gasteiger partial charge in [0.15, 0.2) is 12.6 Å². The third-order valence-electron chi connectivity index (χ3n) is 1.55. The van der Waals surface area contributed by atoms with Gasteiger partial charge in [0.1, 0.15) is 0 Å². The van der Waals surface area contributed by atoms with Crippen LogP contribution in [-0.4, -0.2) is 37.0 Å².